The number of imide groups is 1. The molecule has 0 radical (unpaired) electrons. The second kappa shape index (κ2) is 19.1. The summed E-state index contributed by atoms with van der Waals surface area (Å²) in [5, 5.41) is 7.28. The summed E-state index contributed by atoms with van der Waals surface area (Å²) < 4.78 is 25.7. The lowest BCUT2D eigenvalue weighted by atomic mass is 10.1. The summed E-state index contributed by atoms with van der Waals surface area (Å²) in [6, 6.07) is 9.30. The number of hydrogen-bond acceptors (Lipinski definition) is 13. The predicted octanol–water partition coefficient (Wildman–Crippen LogP) is 1.42. The summed E-state index contributed by atoms with van der Waals surface area (Å²) >= 11 is 0. The average molecular weight is 741 g/mol. The van der Waals surface area contributed by atoms with Gasteiger partial charge in [-0.25, -0.2) is 19.2 Å². The van der Waals surface area contributed by atoms with Crippen molar-refractivity contribution < 1.29 is 62.0 Å². The Kier molecular flexibility index (Phi) is 15.0. The predicted molar refractivity (Wildman–Crippen MR) is 184 cm³/mol. The van der Waals surface area contributed by atoms with E-state index in [0.717, 1.165) is 14.2 Å². The van der Waals surface area contributed by atoms with E-state index < -0.39 is 97.0 Å². The third-order valence-corrected chi connectivity index (χ3v) is 7.60. The molecular weight excluding hydrogens is 696 g/mol. The van der Waals surface area contributed by atoms with Crippen molar-refractivity contribution in [2.75, 3.05) is 27.4 Å². The number of benzene rings is 2. The molecule has 53 heavy (non-hydrogen) atoms. The lowest BCUT2D eigenvalue weighted by molar-refractivity contribution is -0.151. The van der Waals surface area contributed by atoms with Crippen LogP contribution in [0.3, 0.4) is 0 Å². The molecule has 0 aromatic heterocycles. The van der Waals surface area contributed by atoms with Gasteiger partial charge in [0.15, 0.2) is 12.1 Å². The van der Waals surface area contributed by atoms with Crippen LogP contribution in [0, 0.1) is 0 Å². The maximum Gasteiger partial charge on any atom is 0.408 e. The SMILES string of the molecule is COC(=O)[C@H](COC[C@H](C(=O)OC)N1C(=O)c2ccccc2C1=O)NC(=O)CC[C@@H](NC(=O)[C@H](C)NC(=O)OC(C)(C)C)C(=O)OCc1ccccc1. The van der Waals surface area contributed by atoms with Crippen molar-refractivity contribution in [3.8, 4) is 0 Å². The highest BCUT2D eigenvalue weighted by molar-refractivity contribution is 6.22. The minimum Gasteiger partial charge on any atom is -0.467 e. The quantitative estimate of drug-likeness (QED) is 0.119. The Morgan fingerprint density at radius 2 is 1.32 bits per heavy atom. The van der Waals surface area contributed by atoms with Crippen LogP contribution >= 0.6 is 0 Å². The number of alkyl carbamates (subject to hydrolysis) is 1. The number of hydrogen-bond donors (Lipinski definition) is 3. The number of esters is 3. The standard InChI is InChI=1S/C36H44N4O13/c1-21(37-35(48)53-36(2,3)4)29(42)39-25(33(46)52-18-22-12-8-7-9-13-22)16-17-28(41)38-26(32(45)49-5)19-51-20-27(34(47)50-6)40-30(43)23-14-10-11-15-24(23)31(40)44/h7-15,21,25-27H,16-20H2,1-6H3,(H,37,48)(H,38,41)(H,39,42)/t21-,25+,26-,27+/m0/s1. The van der Waals surface area contributed by atoms with Crippen LogP contribution in [0.1, 0.15) is 66.8 Å². The Morgan fingerprint density at radius 3 is 1.89 bits per heavy atom. The lowest BCUT2D eigenvalue weighted by Gasteiger charge is -2.25. The smallest absolute Gasteiger partial charge is 0.408 e. The van der Waals surface area contributed by atoms with Crippen LogP contribution in [-0.2, 0) is 54.3 Å². The number of rotatable bonds is 17. The van der Waals surface area contributed by atoms with Crippen molar-refractivity contribution in [3.63, 3.8) is 0 Å². The zero-order valence-electron chi connectivity index (χ0n) is 30.3. The summed E-state index contributed by atoms with van der Waals surface area (Å²) in [7, 11) is 2.13. The highest BCUT2D eigenvalue weighted by atomic mass is 16.6. The van der Waals surface area contributed by atoms with Gasteiger partial charge < -0.3 is 39.6 Å². The van der Waals surface area contributed by atoms with Gasteiger partial charge in [0.25, 0.3) is 11.8 Å². The number of nitrogens with zero attached hydrogens (tertiary/aromatic N) is 1. The van der Waals surface area contributed by atoms with Crippen LogP contribution in [-0.4, -0.2) is 110 Å². The second-order valence-electron chi connectivity index (χ2n) is 12.8. The van der Waals surface area contributed by atoms with Gasteiger partial charge in [-0.2, -0.15) is 0 Å². The molecule has 0 aliphatic carbocycles. The van der Waals surface area contributed by atoms with Crippen molar-refractivity contribution in [1.82, 2.24) is 20.9 Å². The summed E-state index contributed by atoms with van der Waals surface area (Å²) in [5.74, 6) is -5.75. The van der Waals surface area contributed by atoms with Crippen molar-refractivity contribution in [3.05, 3.63) is 71.3 Å². The van der Waals surface area contributed by atoms with E-state index in [9.17, 15) is 38.4 Å². The molecule has 1 aliphatic rings. The molecule has 0 spiro atoms. The Balaban J connectivity index is 1.65. The van der Waals surface area contributed by atoms with Crippen LogP contribution in [0.15, 0.2) is 54.6 Å². The van der Waals surface area contributed by atoms with Gasteiger partial charge in [-0.15, -0.1) is 0 Å². The van der Waals surface area contributed by atoms with Crippen LogP contribution in [0.25, 0.3) is 0 Å². The first kappa shape index (κ1) is 41.6. The van der Waals surface area contributed by atoms with Crippen molar-refractivity contribution in [1.29, 1.82) is 0 Å². The summed E-state index contributed by atoms with van der Waals surface area (Å²) in [4.78, 5) is 103. The molecule has 17 nitrogen and oxygen atoms in total. The van der Waals surface area contributed by atoms with Gasteiger partial charge in [0.2, 0.25) is 11.8 Å². The number of fused-ring (bicyclic) bond motifs is 1. The highest BCUT2D eigenvalue weighted by Gasteiger charge is 2.43. The topological polar surface area (TPSA) is 222 Å². The number of nitrogens with one attached hydrogen (secondary N) is 3. The molecule has 5 amide bonds. The van der Waals surface area contributed by atoms with E-state index in [-0.39, 0.29) is 24.2 Å². The molecule has 1 aliphatic heterocycles. The molecule has 2 aromatic rings. The van der Waals surface area contributed by atoms with Gasteiger partial charge in [0.05, 0.1) is 38.6 Å². The number of amides is 5. The van der Waals surface area contributed by atoms with Crippen molar-refractivity contribution in [2.24, 2.45) is 0 Å². The van der Waals surface area contributed by atoms with Gasteiger partial charge >= 0.3 is 24.0 Å². The van der Waals surface area contributed by atoms with Crippen LogP contribution < -0.4 is 16.0 Å². The third-order valence-electron chi connectivity index (χ3n) is 7.60. The van der Waals surface area contributed by atoms with E-state index in [0.29, 0.717) is 10.5 Å². The van der Waals surface area contributed by atoms with Gasteiger partial charge in [-0.05, 0) is 51.8 Å². The number of ether oxygens (including phenoxy) is 5. The maximum atomic E-state index is 13.1. The lowest BCUT2D eigenvalue weighted by Crippen LogP contribution is -2.52. The Hall–Kier alpha value is -5.84. The number of methoxy groups -OCH3 is 2. The number of carbonyl (C=O) groups is 8. The van der Waals surface area contributed by atoms with E-state index in [1.807, 2.05) is 0 Å². The fourth-order valence-corrected chi connectivity index (χ4v) is 4.95. The van der Waals surface area contributed by atoms with E-state index in [4.69, 9.17) is 23.7 Å². The van der Waals surface area contributed by atoms with Crippen molar-refractivity contribution in [2.45, 2.75) is 76.9 Å². The molecule has 0 unspecified atom stereocenters. The van der Waals surface area contributed by atoms with Gasteiger partial charge in [-0.1, -0.05) is 42.5 Å². The first-order chi connectivity index (χ1) is 25.1. The Labute approximate surface area is 306 Å². The molecule has 2 aromatic carbocycles. The largest absolute Gasteiger partial charge is 0.467 e. The molecule has 0 fully saturated rings. The molecule has 17 heteroatoms. The van der Waals surface area contributed by atoms with Crippen LogP contribution in [0.4, 0.5) is 4.79 Å². The highest BCUT2D eigenvalue weighted by Crippen LogP contribution is 2.25. The van der Waals surface area contributed by atoms with Gasteiger partial charge in [0.1, 0.15) is 24.3 Å². The first-order valence-electron chi connectivity index (χ1n) is 16.6. The number of carbonyl (C=O) groups excluding carboxylic acids is 8. The molecule has 4 atom stereocenters. The fraction of sp³-hybridized carbons (Fsp3) is 0.444. The van der Waals surface area contributed by atoms with Crippen LogP contribution in [0.5, 0.6) is 0 Å². The normalized spacial score (nSPS) is 14.5. The van der Waals surface area contributed by atoms with E-state index >= 15 is 0 Å². The average Bonchev–Trinajstić information content (AvgIpc) is 3.37. The van der Waals surface area contributed by atoms with E-state index in [2.05, 4.69) is 16.0 Å². The molecular formula is C36H44N4O13. The Bertz CT molecular complexity index is 1640. The summed E-state index contributed by atoms with van der Waals surface area (Å²) in [5.41, 5.74) is 0.0326. The molecule has 1 heterocycles. The Morgan fingerprint density at radius 1 is 0.736 bits per heavy atom. The molecule has 3 N–H and O–H groups in total. The monoisotopic (exact) mass is 740 g/mol. The van der Waals surface area contributed by atoms with Crippen LogP contribution in [0.2, 0.25) is 0 Å². The summed E-state index contributed by atoms with van der Waals surface area (Å²) in [6.45, 7) is 5.05. The molecule has 0 saturated heterocycles. The van der Waals surface area contributed by atoms with Crippen molar-refractivity contribution >= 4 is 47.6 Å². The summed E-state index contributed by atoms with van der Waals surface area (Å²) in [6.07, 6.45) is -1.56. The van der Waals surface area contributed by atoms with E-state index in [1.165, 1.54) is 19.1 Å². The zero-order valence-corrected chi connectivity index (χ0v) is 30.3. The molecule has 3 rings (SSSR count). The van der Waals surface area contributed by atoms with Gasteiger partial charge in [0, 0.05) is 6.42 Å². The first-order valence-corrected chi connectivity index (χ1v) is 16.6. The minimum atomic E-state index is -1.51. The second-order valence-corrected chi connectivity index (χ2v) is 12.8. The molecule has 0 saturated carbocycles. The molecule has 0 bridgehead atoms. The minimum absolute atomic E-state index is 0.0957. The maximum absolute atomic E-state index is 13.1. The zero-order chi connectivity index (χ0) is 39.3. The fourth-order valence-electron chi connectivity index (χ4n) is 4.95. The van der Waals surface area contributed by atoms with E-state index in [1.54, 1.807) is 63.2 Å². The molecule has 286 valence electrons. The van der Waals surface area contributed by atoms with Gasteiger partial charge in [-0.3, -0.25) is 24.1 Å². The third kappa shape index (κ3) is 12.1.